The molecule has 1 saturated heterocycles. The van der Waals surface area contributed by atoms with Gasteiger partial charge in [0.1, 0.15) is 0 Å². The summed E-state index contributed by atoms with van der Waals surface area (Å²) in [6.45, 7) is 8.56. The molecule has 1 aliphatic heterocycles. The molecule has 0 aromatic rings. The molecular weight excluding hydrogens is 222 g/mol. The lowest BCUT2D eigenvalue weighted by atomic mass is 10.0. The topological polar surface area (TPSA) is 18.5 Å². The van der Waals surface area contributed by atoms with E-state index in [2.05, 4.69) is 29.1 Å². The molecule has 1 rings (SSSR count). The Labute approximate surface area is 114 Å². The van der Waals surface area contributed by atoms with Gasteiger partial charge in [-0.3, -0.25) is 0 Å². The van der Waals surface area contributed by atoms with Crippen molar-refractivity contribution in [1.82, 2.24) is 15.1 Å². The number of unbranched alkanes of at least 4 members (excludes halogenated alkanes) is 3. The summed E-state index contributed by atoms with van der Waals surface area (Å²) >= 11 is 0. The molecule has 0 amide bonds. The molecule has 0 unspecified atom stereocenters. The van der Waals surface area contributed by atoms with Gasteiger partial charge in [0, 0.05) is 6.04 Å². The third-order valence-corrected chi connectivity index (χ3v) is 4.32. The van der Waals surface area contributed by atoms with Crippen LogP contribution in [0.15, 0.2) is 0 Å². The van der Waals surface area contributed by atoms with Gasteiger partial charge in [-0.2, -0.15) is 0 Å². The minimum Gasteiger partial charge on any atom is -0.320 e. The van der Waals surface area contributed by atoms with Crippen LogP contribution in [0.4, 0.5) is 0 Å². The average Bonchev–Trinajstić information content (AvgIpc) is 2.42. The summed E-state index contributed by atoms with van der Waals surface area (Å²) in [6.07, 6.45) is 8.19. The fourth-order valence-electron chi connectivity index (χ4n) is 2.88. The summed E-state index contributed by atoms with van der Waals surface area (Å²) in [5.74, 6) is 0. The fraction of sp³-hybridized carbons (Fsp3) is 1.00. The van der Waals surface area contributed by atoms with Crippen molar-refractivity contribution in [2.24, 2.45) is 0 Å². The predicted molar refractivity (Wildman–Crippen MR) is 80.2 cm³/mol. The lowest BCUT2D eigenvalue weighted by molar-refractivity contribution is 0.130. The van der Waals surface area contributed by atoms with E-state index >= 15 is 0 Å². The molecule has 0 aliphatic carbocycles. The van der Waals surface area contributed by atoms with E-state index in [0.717, 1.165) is 6.04 Å². The Morgan fingerprint density at radius 2 is 1.78 bits per heavy atom. The van der Waals surface area contributed by atoms with Crippen LogP contribution in [-0.2, 0) is 0 Å². The highest BCUT2D eigenvalue weighted by atomic mass is 15.2. The van der Waals surface area contributed by atoms with E-state index in [-0.39, 0.29) is 0 Å². The van der Waals surface area contributed by atoms with Crippen molar-refractivity contribution in [3.63, 3.8) is 0 Å². The molecule has 0 bridgehead atoms. The first kappa shape index (κ1) is 15.9. The van der Waals surface area contributed by atoms with Crippen molar-refractivity contribution in [3.05, 3.63) is 0 Å². The van der Waals surface area contributed by atoms with Crippen molar-refractivity contribution in [1.29, 1.82) is 0 Å². The van der Waals surface area contributed by atoms with Crippen molar-refractivity contribution < 1.29 is 0 Å². The predicted octanol–water partition coefficient (Wildman–Crippen LogP) is 2.18. The zero-order chi connectivity index (χ0) is 13.2. The molecule has 0 aromatic carbocycles. The second kappa shape index (κ2) is 9.76. The van der Waals surface area contributed by atoms with Crippen LogP contribution in [0.2, 0.25) is 0 Å². The van der Waals surface area contributed by atoms with Crippen molar-refractivity contribution >= 4 is 0 Å². The summed E-state index contributed by atoms with van der Waals surface area (Å²) in [4.78, 5) is 5.17. The van der Waals surface area contributed by atoms with Crippen LogP contribution in [0.5, 0.6) is 0 Å². The molecule has 1 fully saturated rings. The summed E-state index contributed by atoms with van der Waals surface area (Å²) in [6, 6.07) is 0.838. The maximum Gasteiger partial charge on any atom is 0.0117 e. The van der Waals surface area contributed by atoms with Gasteiger partial charge in [0.25, 0.3) is 0 Å². The van der Waals surface area contributed by atoms with Crippen LogP contribution in [0, 0.1) is 0 Å². The third-order valence-electron chi connectivity index (χ3n) is 4.32. The SMILES string of the molecule is CCN1CCC(N(C)CCCCCCNC)CC1. The van der Waals surface area contributed by atoms with Crippen LogP contribution >= 0.6 is 0 Å². The van der Waals surface area contributed by atoms with Crippen molar-refractivity contribution in [2.45, 2.75) is 51.5 Å². The molecule has 3 heteroatoms. The minimum atomic E-state index is 0.838. The Bertz CT molecular complexity index is 188. The van der Waals surface area contributed by atoms with E-state index in [1.54, 1.807) is 0 Å². The van der Waals surface area contributed by atoms with E-state index in [0.29, 0.717) is 0 Å². The highest BCUT2D eigenvalue weighted by Crippen LogP contribution is 2.15. The van der Waals surface area contributed by atoms with E-state index in [4.69, 9.17) is 0 Å². The van der Waals surface area contributed by atoms with Gasteiger partial charge in [0.2, 0.25) is 0 Å². The fourth-order valence-corrected chi connectivity index (χ4v) is 2.88. The van der Waals surface area contributed by atoms with E-state index < -0.39 is 0 Å². The first-order valence-corrected chi connectivity index (χ1v) is 7.85. The van der Waals surface area contributed by atoms with Gasteiger partial charge in [-0.1, -0.05) is 19.8 Å². The molecule has 1 aliphatic rings. The summed E-state index contributed by atoms with van der Waals surface area (Å²) in [7, 11) is 4.36. The van der Waals surface area contributed by atoms with Gasteiger partial charge >= 0.3 is 0 Å². The van der Waals surface area contributed by atoms with Crippen LogP contribution in [0.25, 0.3) is 0 Å². The molecule has 0 spiro atoms. The highest BCUT2D eigenvalue weighted by Gasteiger charge is 2.20. The summed E-state index contributed by atoms with van der Waals surface area (Å²) in [5.41, 5.74) is 0. The maximum absolute atomic E-state index is 3.21. The first-order valence-electron chi connectivity index (χ1n) is 7.85. The van der Waals surface area contributed by atoms with Crippen LogP contribution in [0.3, 0.4) is 0 Å². The number of hydrogen-bond donors (Lipinski definition) is 1. The van der Waals surface area contributed by atoms with Gasteiger partial charge < -0.3 is 15.1 Å². The molecule has 1 heterocycles. The lowest BCUT2D eigenvalue weighted by Gasteiger charge is -2.36. The molecule has 0 saturated carbocycles. The normalized spacial score (nSPS) is 18.7. The first-order chi connectivity index (χ1) is 8.77. The van der Waals surface area contributed by atoms with Crippen molar-refractivity contribution in [3.8, 4) is 0 Å². The number of nitrogens with zero attached hydrogens (tertiary/aromatic N) is 2. The average molecular weight is 255 g/mol. The zero-order valence-corrected chi connectivity index (χ0v) is 12.7. The van der Waals surface area contributed by atoms with Gasteiger partial charge in [-0.15, -0.1) is 0 Å². The maximum atomic E-state index is 3.21. The quantitative estimate of drug-likeness (QED) is 0.637. The minimum absolute atomic E-state index is 0.838. The molecule has 1 N–H and O–H groups in total. The van der Waals surface area contributed by atoms with Gasteiger partial charge in [0.05, 0.1) is 0 Å². The monoisotopic (exact) mass is 255 g/mol. The van der Waals surface area contributed by atoms with E-state index in [1.807, 2.05) is 7.05 Å². The van der Waals surface area contributed by atoms with Crippen molar-refractivity contribution in [2.75, 3.05) is 46.8 Å². The molecular formula is C15H33N3. The van der Waals surface area contributed by atoms with Crippen LogP contribution in [-0.4, -0.2) is 62.7 Å². The second-order valence-electron chi connectivity index (χ2n) is 5.66. The Kier molecular flexibility index (Phi) is 8.64. The molecule has 108 valence electrons. The largest absolute Gasteiger partial charge is 0.320 e. The highest BCUT2D eigenvalue weighted by molar-refractivity contribution is 4.77. The Morgan fingerprint density at radius 3 is 2.39 bits per heavy atom. The molecule has 3 nitrogen and oxygen atoms in total. The van der Waals surface area contributed by atoms with Gasteiger partial charge in [-0.05, 0) is 72.5 Å². The van der Waals surface area contributed by atoms with Gasteiger partial charge in [0.15, 0.2) is 0 Å². The molecule has 0 aromatic heterocycles. The van der Waals surface area contributed by atoms with E-state index in [9.17, 15) is 0 Å². The lowest BCUT2D eigenvalue weighted by Crippen LogP contribution is -2.43. The Morgan fingerprint density at radius 1 is 1.11 bits per heavy atom. The number of hydrogen-bond acceptors (Lipinski definition) is 3. The molecule has 0 atom stereocenters. The number of rotatable bonds is 9. The zero-order valence-electron chi connectivity index (χ0n) is 12.7. The third kappa shape index (κ3) is 6.17. The summed E-state index contributed by atoms with van der Waals surface area (Å²) < 4.78 is 0. The number of nitrogens with one attached hydrogen (secondary N) is 1. The number of piperidine rings is 1. The molecule has 18 heavy (non-hydrogen) atoms. The second-order valence-corrected chi connectivity index (χ2v) is 5.66. The van der Waals surface area contributed by atoms with Crippen LogP contribution in [0.1, 0.15) is 45.4 Å². The number of likely N-dealkylation sites (tertiary alicyclic amines) is 1. The van der Waals surface area contributed by atoms with Gasteiger partial charge in [-0.25, -0.2) is 0 Å². The summed E-state index contributed by atoms with van der Waals surface area (Å²) in [5, 5.41) is 3.21. The standard InChI is InChI=1S/C15H33N3/c1-4-18-13-9-15(10-14-18)17(3)12-8-6-5-7-11-16-2/h15-16H,4-14H2,1-3H3. The van der Waals surface area contributed by atoms with E-state index in [1.165, 1.54) is 71.2 Å². The van der Waals surface area contributed by atoms with Crippen LogP contribution < -0.4 is 5.32 Å². The smallest absolute Gasteiger partial charge is 0.0117 e. The molecule has 0 radical (unpaired) electrons. The Balaban J connectivity index is 2.01. The Hall–Kier alpha value is -0.120.